The topological polar surface area (TPSA) is 35.2 Å². The lowest BCUT2D eigenvalue weighted by molar-refractivity contribution is 0.467. The summed E-state index contributed by atoms with van der Waals surface area (Å²) in [6, 6.07) is 9.63. The van der Waals surface area contributed by atoms with Gasteiger partial charge in [0.15, 0.2) is 0 Å². The largest absolute Gasteiger partial charge is 0.457 e. The SMILES string of the molecule is Cc1cc(N)ccc1Oc1ccc(Cl)c2c1CCCC2. The number of halogens is 1. The fraction of sp³-hybridized carbons (Fsp3) is 0.294. The van der Waals surface area contributed by atoms with Gasteiger partial charge in [0.25, 0.3) is 0 Å². The van der Waals surface area contributed by atoms with Gasteiger partial charge in [0.2, 0.25) is 0 Å². The molecule has 0 fully saturated rings. The zero-order valence-electron chi connectivity index (χ0n) is 11.6. The van der Waals surface area contributed by atoms with Crippen LogP contribution in [-0.2, 0) is 12.8 Å². The van der Waals surface area contributed by atoms with E-state index in [9.17, 15) is 0 Å². The molecule has 0 radical (unpaired) electrons. The average molecular weight is 288 g/mol. The van der Waals surface area contributed by atoms with Crippen molar-refractivity contribution in [1.29, 1.82) is 0 Å². The Morgan fingerprint density at radius 3 is 2.45 bits per heavy atom. The third-order valence-corrected chi connectivity index (χ3v) is 4.21. The number of fused-ring (bicyclic) bond motifs is 1. The van der Waals surface area contributed by atoms with E-state index in [1.807, 2.05) is 37.3 Å². The summed E-state index contributed by atoms with van der Waals surface area (Å²) in [5, 5.41) is 0.862. The van der Waals surface area contributed by atoms with Gasteiger partial charge in [-0.25, -0.2) is 0 Å². The van der Waals surface area contributed by atoms with Crippen LogP contribution >= 0.6 is 11.6 Å². The molecule has 0 heterocycles. The molecule has 2 N–H and O–H groups in total. The quantitative estimate of drug-likeness (QED) is 0.797. The number of benzene rings is 2. The van der Waals surface area contributed by atoms with Crippen molar-refractivity contribution in [2.24, 2.45) is 0 Å². The van der Waals surface area contributed by atoms with E-state index >= 15 is 0 Å². The molecule has 1 aliphatic rings. The van der Waals surface area contributed by atoms with Crippen molar-refractivity contribution in [2.45, 2.75) is 32.6 Å². The molecule has 2 nitrogen and oxygen atoms in total. The maximum absolute atomic E-state index is 6.30. The standard InChI is InChI=1S/C17H18ClNO/c1-11-10-12(19)6-8-16(11)20-17-9-7-15(18)13-4-2-3-5-14(13)17/h6-10H,2-5,19H2,1H3. The Kier molecular flexibility index (Phi) is 3.58. The van der Waals surface area contributed by atoms with Gasteiger partial charge >= 0.3 is 0 Å². The average Bonchev–Trinajstić information content (AvgIpc) is 2.45. The summed E-state index contributed by atoms with van der Waals surface area (Å²) in [7, 11) is 0. The number of hydrogen-bond donors (Lipinski definition) is 1. The van der Waals surface area contributed by atoms with E-state index in [2.05, 4.69) is 0 Å². The van der Waals surface area contributed by atoms with Crippen molar-refractivity contribution in [3.8, 4) is 11.5 Å². The molecule has 3 rings (SSSR count). The van der Waals surface area contributed by atoms with Gasteiger partial charge in [0.05, 0.1) is 0 Å². The Labute approximate surface area is 124 Å². The first-order chi connectivity index (χ1) is 9.65. The Morgan fingerprint density at radius 1 is 1.00 bits per heavy atom. The molecule has 0 unspecified atom stereocenters. The van der Waals surface area contributed by atoms with Crippen molar-refractivity contribution in [1.82, 2.24) is 0 Å². The van der Waals surface area contributed by atoms with Crippen molar-refractivity contribution < 1.29 is 4.74 Å². The summed E-state index contributed by atoms with van der Waals surface area (Å²) in [6.07, 6.45) is 4.49. The molecule has 104 valence electrons. The maximum Gasteiger partial charge on any atom is 0.131 e. The van der Waals surface area contributed by atoms with E-state index in [1.165, 1.54) is 24.0 Å². The normalized spacial score (nSPS) is 13.9. The number of nitrogen functional groups attached to an aromatic ring is 1. The van der Waals surface area contributed by atoms with E-state index in [-0.39, 0.29) is 0 Å². The van der Waals surface area contributed by atoms with Crippen molar-refractivity contribution in [3.05, 3.63) is 52.0 Å². The number of anilines is 1. The van der Waals surface area contributed by atoms with Crippen molar-refractivity contribution >= 4 is 17.3 Å². The lowest BCUT2D eigenvalue weighted by atomic mass is 9.91. The fourth-order valence-corrected chi connectivity index (χ4v) is 3.06. The molecule has 20 heavy (non-hydrogen) atoms. The third-order valence-electron chi connectivity index (χ3n) is 3.85. The van der Waals surface area contributed by atoms with Gasteiger partial charge in [0.1, 0.15) is 11.5 Å². The van der Waals surface area contributed by atoms with Crippen molar-refractivity contribution in [3.63, 3.8) is 0 Å². The monoisotopic (exact) mass is 287 g/mol. The lowest BCUT2D eigenvalue weighted by Gasteiger charge is -2.21. The number of ether oxygens (including phenoxy) is 1. The minimum atomic E-state index is 0.757. The van der Waals surface area contributed by atoms with Gasteiger partial charge in [-0.3, -0.25) is 0 Å². The van der Waals surface area contributed by atoms with Crippen LogP contribution in [0.15, 0.2) is 30.3 Å². The highest BCUT2D eigenvalue weighted by atomic mass is 35.5. The predicted octanol–water partition coefficient (Wildman–Crippen LogP) is 4.90. The molecule has 0 spiro atoms. The highest BCUT2D eigenvalue weighted by molar-refractivity contribution is 6.31. The number of rotatable bonds is 2. The molecular weight excluding hydrogens is 270 g/mol. The van der Waals surface area contributed by atoms with Crippen LogP contribution in [0.2, 0.25) is 5.02 Å². The summed E-state index contributed by atoms with van der Waals surface area (Å²) >= 11 is 6.30. The Bertz CT molecular complexity index is 652. The van der Waals surface area contributed by atoms with Gasteiger partial charge in [-0.1, -0.05) is 11.6 Å². The first kappa shape index (κ1) is 13.3. The van der Waals surface area contributed by atoms with Gasteiger partial charge < -0.3 is 10.5 Å². The molecular formula is C17H18ClNO. The number of nitrogens with two attached hydrogens (primary N) is 1. The van der Waals surface area contributed by atoms with Gasteiger partial charge in [0, 0.05) is 10.7 Å². The first-order valence-electron chi connectivity index (χ1n) is 6.99. The van der Waals surface area contributed by atoms with Gasteiger partial charge in [-0.2, -0.15) is 0 Å². The fourth-order valence-electron chi connectivity index (χ4n) is 2.79. The van der Waals surface area contributed by atoms with Crippen LogP contribution in [0, 0.1) is 6.92 Å². The molecule has 2 aromatic carbocycles. The molecule has 0 saturated heterocycles. The smallest absolute Gasteiger partial charge is 0.131 e. The zero-order chi connectivity index (χ0) is 14.1. The zero-order valence-corrected chi connectivity index (χ0v) is 12.3. The predicted molar refractivity (Wildman–Crippen MR) is 83.8 cm³/mol. The number of hydrogen-bond acceptors (Lipinski definition) is 2. The van der Waals surface area contributed by atoms with E-state index < -0.39 is 0 Å². The van der Waals surface area contributed by atoms with Crippen LogP contribution in [0.1, 0.15) is 29.5 Å². The Morgan fingerprint density at radius 2 is 1.70 bits per heavy atom. The highest BCUT2D eigenvalue weighted by Gasteiger charge is 2.18. The van der Waals surface area contributed by atoms with E-state index in [0.717, 1.165) is 40.6 Å². The summed E-state index contributed by atoms with van der Waals surface area (Å²) in [4.78, 5) is 0. The second kappa shape index (κ2) is 5.37. The first-order valence-corrected chi connectivity index (χ1v) is 7.37. The summed E-state index contributed by atoms with van der Waals surface area (Å²) < 4.78 is 6.10. The maximum atomic E-state index is 6.30. The second-order valence-electron chi connectivity index (χ2n) is 5.34. The summed E-state index contributed by atoms with van der Waals surface area (Å²) in [5.74, 6) is 1.78. The van der Waals surface area contributed by atoms with Gasteiger partial charge in [-0.15, -0.1) is 0 Å². The molecule has 0 atom stereocenters. The molecule has 1 aliphatic carbocycles. The minimum absolute atomic E-state index is 0.757. The van der Waals surface area contributed by atoms with Crippen LogP contribution in [0.5, 0.6) is 11.5 Å². The molecule has 0 bridgehead atoms. The molecule has 0 aliphatic heterocycles. The second-order valence-corrected chi connectivity index (χ2v) is 5.74. The Hall–Kier alpha value is -1.67. The minimum Gasteiger partial charge on any atom is -0.457 e. The number of aryl methyl sites for hydroxylation is 1. The van der Waals surface area contributed by atoms with Gasteiger partial charge in [-0.05, 0) is 79.6 Å². The Balaban J connectivity index is 1.99. The van der Waals surface area contributed by atoms with Crippen LogP contribution < -0.4 is 10.5 Å². The third kappa shape index (κ3) is 2.48. The highest BCUT2D eigenvalue weighted by Crippen LogP contribution is 2.37. The van der Waals surface area contributed by atoms with Crippen LogP contribution in [0.3, 0.4) is 0 Å². The molecule has 0 amide bonds. The molecule has 2 aromatic rings. The van der Waals surface area contributed by atoms with E-state index in [4.69, 9.17) is 22.1 Å². The lowest BCUT2D eigenvalue weighted by Crippen LogP contribution is -2.05. The van der Waals surface area contributed by atoms with Crippen LogP contribution in [0.4, 0.5) is 5.69 Å². The van der Waals surface area contributed by atoms with Crippen LogP contribution in [0.25, 0.3) is 0 Å². The molecule has 3 heteroatoms. The molecule has 0 aromatic heterocycles. The van der Waals surface area contributed by atoms with Crippen LogP contribution in [-0.4, -0.2) is 0 Å². The summed E-state index contributed by atoms with van der Waals surface area (Å²) in [6.45, 7) is 2.01. The summed E-state index contributed by atoms with van der Waals surface area (Å²) in [5.41, 5.74) is 10.1. The van der Waals surface area contributed by atoms with E-state index in [1.54, 1.807) is 0 Å². The van der Waals surface area contributed by atoms with E-state index in [0.29, 0.717) is 0 Å². The van der Waals surface area contributed by atoms with Crippen molar-refractivity contribution in [2.75, 3.05) is 5.73 Å². The molecule has 0 saturated carbocycles.